The molecule has 2 aromatic carbocycles. The van der Waals surface area contributed by atoms with Crippen LogP contribution in [0.1, 0.15) is 37.6 Å². The van der Waals surface area contributed by atoms with Gasteiger partial charge in [-0.15, -0.1) is 0 Å². The standard InChI is InChI=1S/C23H25N3O4/c1-3-28-19-9-5-7-16(11-19)14-26-15-18(13-21(26)27)23-24-22(25-30-23)17-8-6-10-20(12-17)29-4-2/h5-12,18H,3-4,13-15H2,1-2H3. The van der Waals surface area contributed by atoms with Gasteiger partial charge < -0.3 is 18.9 Å². The van der Waals surface area contributed by atoms with E-state index in [2.05, 4.69) is 10.1 Å². The summed E-state index contributed by atoms with van der Waals surface area (Å²) in [5.74, 6) is 2.54. The second-order valence-corrected chi connectivity index (χ2v) is 7.17. The van der Waals surface area contributed by atoms with Gasteiger partial charge in [-0.3, -0.25) is 4.79 Å². The highest BCUT2D eigenvalue weighted by atomic mass is 16.5. The molecule has 30 heavy (non-hydrogen) atoms. The van der Waals surface area contributed by atoms with E-state index in [9.17, 15) is 4.79 Å². The lowest BCUT2D eigenvalue weighted by Gasteiger charge is -2.16. The van der Waals surface area contributed by atoms with E-state index in [0.29, 0.717) is 44.4 Å². The lowest BCUT2D eigenvalue weighted by Crippen LogP contribution is -2.24. The van der Waals surface area contributed by atoms with Crippen LogP contribution < -0.4 is 9.47 Å². The van der Waals surface area contributed by atoms with Gasteiger partial charge in [0, 0.05) is 25.1 Å². The molecule has 1 saturated heterocycles. The minimum absolute atomic E-state index is 0.0832. The Bertz CT molecular complexity index is 1020. The second-order valence-electron chi connectivity index (χ2n) is 7.17. The van der Waals surface area contributed by atoms with E-state index in [1.165, 1.54) is 0 Å². The van der Waals surface area contributed by atoms with Gasteiger partial charge in [-0.05, 0) is 43.7 Å². The van der Waals surface area contributed by atoms with Crippen LogP contribution in [-0.4, -0.2) is 40.7 Å². The van der Waals surface area contributed by atoms with Gasteiger partial charge in [0.2, 0.25) is 17.6 Å². The van der Waals surface area contributed by atoms with Crippen LogP contribution in [0.4, 0.5) is 0 Å². The van der Waals surface area contributed by atoms with E-state index < -0.39 is 0 Å². The topological polar surface area (TPSA) is 77.7 Å². The fourth-order valence-corrected chi connectivity index (χ4v) is 3.62. The van der Waals surface area contributed by atoms with Crippen molar-refractivity contribution in [1.29, 1.82) is 0 Å². The molecule has 0 N–H and O–H groups in total. The van der Waals surface area contributed by atoms with Crippen LogP contribution in [-0.2, 0) is 11.3 Å². The Morgan fingerprint density at radius 1 is 1.07 bits per heavy atom. The van der Waals surface area contributed by atoms with Crippen molar-refractivity contribution in [3.63, 3.8) is 0 Å². The summed E-state index contributed by atoms with van der Waals surface area (Å²) in [6.45, 7) is 6.18. The Kier molecular flexibility index (Phi) is 5.97. The third kappa shape index (κ3) is 4.45. The molecular weight excluding hydrogens is 382 g/mol. The van der Waals surface area contributed by atoms with E-state index in [1.807, 2.05) is 67.3 Å². The molecule has 1 aliphatic rings. The van der Waals surface area contributed by atoms with E-state index in [0.717, 1.165) is 22.6 Å². The van der Waals surface area contributed by atoms with E-state index in [1.54, 1.807) is 0 Å². The summed E-state index contributed by atoms with van der Waals surface area (Å²) in [5, 5.41) is 4.11. The molecular formula is C23H25N3O4. The maximum Gasteiger partial charge on any atom is 0.232 e. The highest BCUT2D eigenvalue weighted by molar-refractivity contribution is 5.79. The van der Waals surface area contributed by atoms with Crippen LogP contribution in [0.5, 0.6) is 11.5 Å². The zero-order chi connectivity index (χ0) is 20.9. The number of rotatable bonds is 8. The van der Waals surface area contributed by atoms with Crippen LogP contribution in [0, 0.1) is 0 Å². The maximum absolute atomic E-state index is 12.6. The van der Waals surface area contributed by atoms with Gasteiger partial charge in [0.25, 0.3) is 0 Å². The minimum atomic E-state index is -0.108. The molecule has 156 valence electrons. The Morgan fingerprint density at radius 3 is 2.57 bits per heavy atom. The Morgan fingerprint density at radius 2 is 1.80 bits per heavy atom. The smallest absolute Gasteiger partial charge is 0.232 e. The highest BCUT2D eigenvalue weighted by Crippen LogP contribution is 2.30. The van der Waals surface area contributed by atoms with Crippen molar-refractivity contribution in [3.8, 4) is 22.9 Å². The van der Waals surface area contributed by atoms with E-state index in [-0.39, 0.29) is 11.8 Å². The number of nitrogens with zero attached hydrogens (tertiary/aromatic N) is 3. The number of benzene rings is 2. The lowest BCUT2D eigenvalue weighted by molar-refractivity contribution is -0.128. The predicted octanol–water partition coefficient (Wildman–Crippen LogP) is 4.05. The number of amides is 1. The molecule has 1 atom stereocenters. The van der Waals surface area contributed by atoms with Crippen LogP contribution in [0.3, 0.4) is 0 Å². The first-order chi connectivity index (χ1) is 14.7. The first-order valence-corrected chi connectivity index (χ1v) is 10.2. The number of carbonyl (C=O) groups is 1. The summed E-state index contributed by atoms with van der Waals surface area (Å²) in [6.07, 6.45) is 0.367. The minimum Gasteiger partial charge on any atom is -0.494 e. The molecule has 3 aromatic rings. The Hall–Kier alpha value is -3.35. The van der Waals surface area contributed by atoms with Gasteiger partial charge in [-0.25, -0.2) is 0 Å². The Labute approximate surface area is 175 Å². The van der Waals surface area contributed by atoms with Gasteiger partial charge in [-0.2, -0.15) is 4.98 Å². The molecule has 1 fully saturated rings. The highest BCUT2D eigenvalue weighted by Gasteiger charge is 2.34. The summed E-state index contributed by atoms with van der Waals surface area (Å²) in [6, 6.07) is 15.4. The van der Waals surface area contributed by atoms with Crippen molar-refractivity contribution < 1.29 is 18.8 Å². The van der Waals surface area contributed by atoms with E-state index >= 15 is 0 Å². The lowest BCUT2D eigenvalue weighted by atomic mass is 10.1. The largest absolute Gasteiger partial charge is 0.494 e. The number of carbonyl (C=O) groups excluding carboxylic acids is 1. The monoisotopic (exact) mass is 407 g/mol. The van der Waals surface area contributed by atoms with E-state index in [4.69, 9.17) is 14.0 Å². The van der Waals surface area contributed by atoms with Gasteiger partial charge >= 0.3 is 0 Å². The Balaban J connectivity index is 1.44. The van der Waals surface area contributed by atoms with Crippen molar-refractivity contribution in [2.24, 2.45) is 0 Å². The molecule has 1 aliphatic heterocycles. The summed E-state index contributed by atoms with van der Waals surface area (Å²) < 4.78 is 16.6. The second kappa shape index (κ2) is 8.98. The molecule has 2 heterocycles. The first-order valence-electron chi connectivity index (χ1n) is 10.2. The molecule has 0 aliphatic carbocycles. The van der Waals surface area contributed by atoms with Crippen molar-refractivity contribution in [1.82, 2.24) is 15.0 Å². The van der Waals surface area contributed by atoms with Crippen LogP contribution in [0.25, 0.3) is 11.4 Å². The first kappa shape index (κ1) is 19.9. The van der Waals surface area contributed by atoms with Crippen LogP contribution in [0.2, 0.25) is 0 Å². The zero-order valence-corrected chi connectivity index (χ0v) is 17.2. The molecule has 7 heteroatoms. The van der Waals surface area contributed by atoms with Gasteiger partial charge in [0.15, 0.2) is 0 Å². The van der Waals surface area contributed by atoms with Gasteiger partial charge in [0.05, 0.1) is 19.1 Å². The van der Waals surface area contributed by atoms with Crippen molar-refractivity contribution in [2.45, 2.75) is 32.7 Å². The molecule has 0 saturated carbocycles. The fourth-order valence-electron chi connectivity index (χ4n) is 3.62. The summed E-state index contributed by atoms with van der Waals surface area (Å²) in [7, 11) is 0. The third-order valence-corrected chi connectivity index (χ3v) is 4.99. The number of ether oxygens (including phenoxy) is 2. The average molecular weight is 407 g/mol. The third-order valence-electron chi connectivity index (χ3n) is 4.99. The molecule has 0 radical (unpaired) electrons. The summed E-state index contributed by atoms with van der Waals surface area (Å²) in [4.78, 5) is 18.9. The summed E-state index contributed by atoms with van der Waals surface area (Å²) >= 11 is 0. The molecule has 1 aromatic heterocycles. The molecule has 4 rings (SSSR count). The number of aromatic nitrogens is 2. The molecule has 0 bridgehead atoms. The van der Waals surface area contributed by atoms with Crippen molar-refractivity contribution in [3.05, 3.63) is 60.0 Å². The molecule has 7 nitrogen and oxygen atoms in total. The molecule has 0 spiro atoms. The zero-order valence-electron chi connectivity index (χ0n) is 17.2. The van der Waals surface area contributed by atoms with Gasteiger partial charge in [-0.1, -0.05) is 29.4 Å². The number of hydrogen-bond donors (Lipinski definition) is 0. The van der Waals surface area contributed by atoms with Crippen molar-refractivity contribution >= 4 is 5.91 Å². The summed E-state index contributed by atoms with van der Waals surface area (Å²) in [5.41, 5.74) is 1.86. The molecule has 1 unspecified atom stereocenters. The number of hydrogen-bond acceptors (Lipinski definition) is 6. The van der Waals surface area contributed by atoms with Gasteiger partial charge in [0.1, 0.15) is 11.5 Å². The predicted molar refractivity (Wildman–Crippen MR) is 111 cm³/mol. The SMILES string of the molecule is CCOc1cccc(CN2CC(c3nc(-c4cccc(OCC)c4)no3)CC2=O)c1. The van der Waals surface area contributed by atoms with Crippen LogP contribution in [0.15, 0.2) is 53.1 Å². The fraction of sp³-hybridized carbons (Fsp3) is 0.348. The van der Waals surface area contributed by atoms with Crippen LogP contribution >= 0.6 is 0 Å². The quantitative estimate of drug-likeness (QED) is 0.561. The average Bonchev–Trinajstić information content (AvgIpc) is 3.37. The molecule has 1 amide bonds. The number of likely N-dealkylation sites (tertiary alicyclic amines) is 1. The maximum atomic E-state index is 12.6. The van der Waals surface area contributed by atoms with Crippen molar-refractivity contribution in [2.75, 3.05) is 19.8 Å². The normalized spacial score (nSPS) is 16.1.